The van der Waals surface area contributed by atoms with E-state index in [-0.39, 0.29) is 0 Å². The lowest BCUT2D eigenvalue weighted by Crippen LogP contribution is -3.07. The number of benzene rings is 2. The molecule has 21 heavy (non-hydrogen) atoms. The second-order valence-electron chi connectivity index (χ2n) is 5.59. The molecule has 3 rings (SSSR count). The SMILES string of the molecule is Cc1cccc(OC2CC[NH+](Sc3ccccc3)CC2)c1. The summed E-state index contributed by atoms with van der Waals surface area (Å²) in [6.45, 7) is 4.43. The molecule has 0 radical (unpaired) electrons. The summed E-state index contributed by atoms with van der Waals surface area (Å²) in [5.74, 6) is 1.01. The van der Waals surface area contributed by atoms with Crippen LogP contribution in [-0.4, -0.2) is 19.2 Å². The van der Waals surface area contributed by atoms with Gasteiger partial charge in [-0.25, -0.2) is 0 Å². The molecule has 0 saturated carbocycles. The Kier molecular flexibility index (Phi) is 4.84. The molecule has 0 unspecified atom stereocenters. The van der Waals surface area contributed by atoms with Gasteiger partial charge in [-0.2, -0.15) is 0 Å². The maximum absolute atomic E-state index is 6.11. The van der Waals surface area contributed by atoms with Crippen molar-refractivity contribution in [1.82, 2.24) is 0 Å². The molecule has 0 spiro atoms. The van der Waals surface area contributed by atoms with E-state index in [0.29, 0.717) is 6.10 Å². The van der Waals surface area contributed by atoms with Crippen LogP contribution in [0.5, 0.6) is 5.75 Å². The molecule has 1 aliphatic heterocycles. The molecule has 2 aromatic carbocycles. The quantitative estimate of drug-likeness (QED) is 0.872. The molecule has 0 aromatic heterocycles. The minimum atomic E-state index is 0.368. The topological polar surface area (TPSA) is 13.7 Å². The molecule has 0 bridgehead atoms. The summed E-state index contributed by atoms with van der Waals surface area (Å²) in [5, 5.41) is 0. The molecular formula is C18H22NOS+. The van der Waals surface area contributed by atoms with Gasteiger partial charge in [0, 0.05) is 12.8 Å². The zero-order valence-corrected chi connectivity index (χ0v) is 13.2. The van der Waals surface area contributed by atoms with Crippen molar-refractivity contribution < 1.29 is 9.04 Å². The molecule has 1 saturated heterocycles. The largest absolute Gasteiger partial charge is 0.490 e. The van der Waals surface area contributed by atoms with E-state index in [4.69, 9.17) is 4.74 Å². The molecule has 1 heterocycles. The first-order valence-electron chi connectivity index (χ1n) is 7.60. The van der Waals surface area contributed by atoms with Gasteiger partial charge in [-0.3, -0.25) is 4.31 Å². The van der Waals surface area contributed by atoms with Gasteiger partial charge in [0.1, 0.15) is 23.8 Å². The third-order valence-corrected chi connectivity index (χ3v) is 4.99. The van der Waals surface area contributed by atoms with Crippen LogP contribution in [0, 0.1) is 6.92 Å². The van der Waals surface area contributed by atoms with Crippen molar-refractivity contribution in [3.05, 3.63) is 60.2 Å². The first-order valence-corrected chi connectivity index (χ1v) is 8.42. The van der Waals surface area contributed by atoms with Crippen LogP contribution in [-0.2, 0) is 0 Å². The van der Waals surface area contributed by atoms with Crippen LogP contribution in [0.25, 0.3) is 0 Å². The fraction of sp³-hybridized carbons (Fsp3) is 0.333. The van der Waals surface area contributed by atoms with Crippen LogP contribution < -0.4 is 9.04 Å². The summed E-state index contributed by atoms with van der Waals surface area (Å²) in [6, 6.07) is 19.0. The van der Waals surface area contributed by atoms with E-state index in [2.05, 4.69) is 61.5 Å². The Balaban J connectivity index is 1.49. The van der Waals surface area contributed by atoms with E-state index in [1.54, 1.807) is 4.31 Å². The van der Waals surface area contributed by atoms with Crippen LogP contribution in [0.15, 0.2) is 59.5 Å². The Bertz CT molecular complexity index is 564. The fourth-order valence-corrected chi connectivity index (χ4v) is 3.74. The second-order valence-corrected chi connectivity index (χ2v) is 6.84. The monoisotopic (exact) mass is 300 g/mol. The normalized spacial score (nSPS) is 22.0. The zero-order chi connectivity index (χ0) is 14.5. The third-order valence-electron chi connectivity index (χ3n) is 3.79. The van der Waals surface area contributed by atoms with Gasteiger partial charge in [0.2, 0.25) is 0 Å². The average Bonchev–Trinajstić information content (AvgIpc) is 2.50. The predicted octanol–water partition coefficient (Wildman–Crippen LogP) is 3.13. The van der Waals surface area contributed by atoms with E-state index < -0.39 is 0 Å². The van der Waals surface area contributed by atoms with E-state index in [1.807, 2.05) is 11.9 Å². The molecule has 2 aromatic rings. The molecular weight excluding hydrogens is 278 g/mol. The van der Waals surface area contributed by atoms with Crippen LogP contribution in [0.4, 0.5) is 0 Å². The van der Waals surface area contributed by atoms with E-state index >= 15 is 0 Å². The van der Waals surface area contributed by atoms with Crippen LogP contribution in [0.3, 0.4) is 0 Å². The molecule has 3 heteroatoms. The van der Waals surface area contributed by atoms with Crippen LogP contribution in [0.2, 0.25) is 0 Å². The van der Waals surface area contributed by atoms with Crippen molar-refractivity contribution in [2.24, 2.45) is 0 Å². The molecule has 0 atom stereocenters. The van der Waals surface area contributed by atoms with Gasteiger partial charge in [-0.05, 0) is 36.8 Å². The van der Waals surface area contributed by atoms with Gasteiger partial charge in [0.05, 0.1) is 18.0 Å². The summed E-state index contributed by atoms with van der Waals surface area (Å²) in [7, 11) is 0. The summed E-state index contributed by atoms with van der Waals surface area (Å²) in [4.78, 5) is 1.35. The molecule has 110 valence electrons. The average molecular weight is 300 g/mol. The first kappa shape index (κ1) is 14.5. The van der Waals surface area contributed by atoms with Crippen molar-refractivity contribution >= 4 is 11.9 Å². The summed E-state index contributed by atoms with van der Waals surface area (Å²) in [5.41, 5.74) is 1.26. The van der Waals surface area contributed by atoms with Crippen LogP contribution in [0.1, 0.15) is 18.4 Å². The highest BCUT2D eigenvalue weighted by molar-refractivity contribution is 7.93. The maximum atomic E-state index is 6.11. The number of aryl methyl sites for hydroxylation is 1. The number of hydrogen-bond acceptors (Lipinski definition) is 2. The van der Waals surface area contributed by atoms with Crippen molar-refractivity contribution in [3.63, 3.8) is 0 Å². The van der Waals surface area contributed by atoms with Gasteiger partial charge >= 0.3 is 0 Å². The van der Waals surface area contributed by atoms with Crippen molar-refractivity contribution in [2.45, 2.75) is 30.8 Å². The van der Waals surface area contributed by atoms with Crippen LogP contribution >= 0.6 is 11.9 Å². The Morgan fingerprint density at radius 2 is 1.76 bits per heavy atom. The summed E-state index contributed by atoms with van der Waals surface area (Å²) < 4.78 is 7.70. The minimum Gasteiger partial charge on any atom is -0.490 e. The second kappa shape index (κ2) is 7.01. The molecule has 1 aliphatic rings. The number of nitrogens with one attached hydrogen (secondary N) is 1. The molecule has 1 N–H and O–H groups in total. The molecule has 0 amide bonds. The Morgan fingerprint density at radius 1 is 1.00 bits per heavy atom. The van der Waals surface area contributed by atoms with Gasteiger partial charge in [0.25, 0.3) is 0 Å². The summed E-state index contributed by atoms with van der Waals surface area (Å²) in [6.07, 6.45) is 2.62. The van der Waals surface area contributed by atoms with E-state index in [0.717, 1.165) is 31.7 Å². The van der Waals surface area contributed by atoms with Gasteiger partial charge in [-0.1, -0.05) is 30.3 Å². The highest BCUT2D eigenvalue weighted by atomic mass is 32.2. The number of piperidine rings is 1. The lowest BCUT2D eigenvalue weighted by atomic mass is 10.1. The number of ether oxygens (including phenoxy) is 1. The van der Waals surface area contributed by atoms with Gasteiger partial charge in [0.15, 0.2) is 0 Å². The van der Waals surface area contributed by atoms with E-state index in [1.165, 1.54) is 10.5 Å². The van der Waals surface area contributed by atoms with Gasteiger partial charge in [-0.15, -0.1) is 0 Å². The predicted molar refractivity (Wildman–Crippen MR) is 87.8 cm³/mol. The Hall–Kier alpha value is -1.45. The Morgan fingerprint density at radius 3 is 2.48 bits per heavy atom. The highest BCUT2D eigenvalue weighted by Gasteiger charge is 2.24. The summed E-state index contributed by atoms with van der Waals surface area (Å²) >= 11 is 1.94. The maximum Gasteiger partial charge on any atom is 0.119 e. The Labute approximate surface area is 131 Å². The third kappa shape index (κ3) is 4.26. The number of hydrogen-bond donors (Lipinski definition) is 1. The molecule has 0 aliphatic carbocycles. The smallest absolute Gasteiger partial charge is 0.119 e. The first-order chi connectivity index (χ1) is 10.3. The van der Waals surface area contributed by atoms with E-state index in [9.17, 15) is 0 Å². The number of rotatable bonds is 4. The minimum absolute atomic E-state index is 0.368. The molecule has 1 fully saturated rings. The van der Waals surface area contributed by atoms with Crippen molar-refractivity contribution in [2.75, 3.05) is 13.1 Å². The zero-order valence-electron chi connectivity index (χ0n) is 12.4. The molecule has 2 nitrogen and oxygen atoms in total. The number of quaternary nitrogens is 1. The van der Waals surface area contributed by atoms with Crippen molar-refractivity contribution in [1.29, 1.82) is 0 Å². The lowest BCUT2D eigenvalue weighted by molar-refractivity contribution is -0.763. The van der Waals surface area contributed by atoms with Crippen molar-refractivity contribution in [3.8, 4) is 5.75 Å². The van der Waals surface area contributed by atoms with Gasteiger partial charge < -0.3 is 4.74 Å². The standard InChI is InChI=1S/C18H21NOS/c1-15-6-5-7-17(14-15)20-16-10-12-19(13-11-16)21-18-8-3-2-4-9-18/h2-9,14,16H,10-13H2,1H3/p+1. The fourth-order valence-electron chi connectivity index (χ4n) is 2.67. The lowest BCUT2D eigenvalue weighted by Gasteiger charge is -2.28. The highest BCUT2D eigenvalue weighted by Crippen LogP contribution is 2.18.